The van der Waals surface area contributed by atoms with Gasteiger partial charge in [-0.3, -0.25) is 14.5 Å². The molecule has 5 nitrogen and oxygen atoms in total. The molecule has 2 aromatic rings. The smallest absolute Gasteiger partial charge is 0.238 e. The highest BCUT2D eigenvalue weighted by molar-refractivity contribution is 5.94. The summed E-state index contributed by atoms with van der Waals surface area (Å²) in [6.45, 7) is 5.46. The van der Waals surface area contributed by atoms with Gasteiger partial charge in [0.25, 0.3) is 0 Å². The third kappa shape index (κ3) is 5.73. The van der Waals surface area contributed by atoms with E-state index in [1.54, 1.807) is 6.92 Å². The summed E-state index contributed by atoms with van der Waals surface area (Å²) in [5, 5.41) is 3.05. The van der Waals surface area contributed by atoms with Crippen LogP contribution in [-0.4, -0.2) is 49.3 Å². The lowest BCUT2D eigenvalue weighted by Gasteiger charge is -2.35. The molecule has 2 aliphatic rings. The first kappa shape index (κ1) is 21.6. The van der Waals surface area contributed by atoms with Crippen LogP contribution in [0.15, 0.2) is 48.5 Å². The lowest BCUT2D eigenvalue weighted by molar-refractivity contribution is -0.117. The summed E-state index contributed by atoms with van der Waals surface area (Å²) >= 11 is 0. The van der Waals surface area contributed by atoms with Gasteiger partial charge in [0.05, 0.1) is 6.54 Å². The molecule has 1 saturated carbocycles. The summed E-state index contributed by atoms with van der Waals surface area (Å²) < 4.78 is 0. The topological polar surface area (TPSA) is 52.7 Å². The van der Waals surface area contributed by atoms with Gasteiger partial charge in [0.2, 0.25) is 5.91 Å². The summed E-state index contributed by atoms with van der Waals surface area (Å²) in [7, 11) is 0. The van der Waals surface area contributed by atoms with E-state index in [-0.39, 0.29) is 11.7 Å². The predicted molar refractivity (Wildman–Crippen MR) is 126 cm³/mol. The van der Waals surface area contributed by atoms with E-state index < -0.39 is 0 Å². The van der Waals surface area contributed by atoms with Crippen LogP contribution in [-0.2, 0) is 4.79 Å². The minimum Gasteiger partial charge on any atom is -0.369 e. The summed E-state index contributed by atoms with van der Waals surface area (Å²) in [5.74, 6) is 0.823. The van der Waals surface area contributed by atoms with Gasteiger partial charge >= 0.3 is 0 Å². The molecule has 2 aromatic carbocycles. The standard InChI is InChI=1S/C26H33N3O2/c1-20(30)21-9-13-25(14-10-21)29-17-15-28(16-18-29)19-26(31)27-24-11-7-23(8-12-24)22-5-3-2-4-6-22/h7-14,22H,2-6,15-19H2,1H3,(H,27,31). The second kappa shape index (κ2) is 10.1. The zero-order valence-corrected chi connectivity index (χ0v) is 18.5. The zero-order chi connectivity index (χ0) is 21.6. The molecule has 31 heavy (non-hydrogen) atoms. The quantitative estimate of drug-likeness (QED) is 0.690. The Morgan fingerprint density at radius 3 is 2.13 bits per heavy atom. The molecule has 0 atom stereocenters. The molecular weight excluding hydrogens is 386 g/mol. The maximum atomic E-state index is 12.5. The van der Waals surface area contributed by atoms with Crippen LogP contribution in [0.2, 0.25) is 0 Å². The monoisotopic (exact) mass is 419 g/mol. The van der Waals surface area contributed by atoms with Crippen molar-refractivity contribution in [2.24, 2.45) is 0 Å². The van der Waals surface area contributed by atoms with Crippen molar-refractivity contribution in [2.75, 3.05) is 42.9 Å². The van der Waals surface area contributed by atoms with Crippen LogP contribution >= 0.6 is 0 Å². The number of nitrogens with zero attached hydrogens (tertiary/aromatic N) is 2. The second-order valence-electron chi connectivity index (χ2n) is 8.87. The van der Waals surface area contributed by atoms with Crippen molar-refractivity contribution < 1.29 is 9.59 Å². The molecule has 2 fully saturated rings. The maximum Gasteiger partial charge on any atom is 0.238 e. The van der Waals surface area contributed by atoms with Crippen LogP contribution in [0.3, 0.4) is 0 Å². The Hall–Kier alpha value is -2.66. The number of benzene rings is 2. The summed E-state index contributed by atoms with van der Waals surface area (Å²) in [4.78, 5) is 28.5. The Morgan fingerprint density at radius 1 is 0.871 bits per heavy atom. The van der Waals surface area contributed by atoms with E-state index in [0.29, 0.717) is 12.5 Å². The Morgan fingerprint density at radius 2 is 1.52 bits per heavy atom. The number of Topliss-reactive ketones (excluding diaryl/α,β-unsaturated/α-hetero) is 1. The van der Waals surface area contributed by atoms with E-state index >= 15 is 0 Å². The predicted octanol–water partition coefficient (Wildman–Crippen LogP) is 4.70. The minimum absolute atomic E-state index is 0.0460. The molecule has 1 amide bonds. The third-order valence-corrected chi connectivity index (χ3v) is 6.65. The van der Waals surface area contributed by atoms with Gasteiger partial charge in [-0.15, -0.1) is 0 Å². The Balaban J connectivity index is 1.23. The summed E-state index contributed by atoms with van der Waals surface area (Å²) in [6.07, 6.45) is 6.61. The molecule has 5 heteroatoms. The van der Waals surface area contributed by atoms with E-state index in [4.69, 9.17) is 0 Å². The number of nitrogens with one attached hydrogen (secondary N) is 1. The molecule has 1 aliphatic carbocycles. The Labute approximate surface area is 185 Å². The van der Waals surface area contributed by atoms with Crippen molar-refractivity contribution >= 4 is 23.1 Å². The van der Waals surface area contributed by atoms with E-state index in [0.717, 1.165) is 43.1 Å². The van der Waals surface area contributed by atoms with Gasteiger partial charge in [-0.2, -0.15) is 0 Å². The average molecular weight is 420 g/mol. The van der Waals surface area contributed by atoms with Gasteiger partial charge in [0.1, 0.15) is 0 Å². The number of hydrogen-bond donors (Lipinski definition) is 1. The van der Waals surface area contributed by atoms with Gasteiger partial charge in [-0.1, -0.05) is 31.4 Å². The first-order valence-electron chi connectivity index (χ1n) is 11.6. The second-order valence-corrected chi connectivity index (χ2v) is 8.87. The van der Waals surface area contributed by atoms with Gasteiger partial charge in [0.15, 0.2) is 5.78 Å². The number of anilines is 2. The van der Waals surface area contributed by atoms with Crippen LogP contribution in [0.5, 0.6) is 0 Å². The molecule has 0 aromatic heterocycles. The largest absolute Gasteiger partial charge is 0.369 e. The molecule has 1 heterocycles. The average Bonchev–Trinajstić information content (AvgIpc) is 2.81. The molecule has 0 radical (unpaired) electrons. The van der Waals surface area contributed by atoms with E-state index in [2.05, 4.69) is 27.2 Å². The van der Waals surface area contributed by atoms with E-state index in [1.807, 2.05) is 36.4 Å². The number of amides is 1. The number of piperazine rings is 1. The van der Waals surface area contributed by atoms with Crippen molar-refractivity contribution in [2.45, 2.75) is 44.9 Å². The van der Waals surface area contributed by atoms with E-state index in [1.165, 1.54) is 37.7 Å². The van der Waals surface area contributed by atoms with Crippen LogP contribution < -0.4 is 10.2 Å². The minimum atomic E-state index is 0.0460. The maximum absolute atomic E-state index is 12.5. The highest BCUT2D eigenvalue weighted by Gasteiger charge is 2.20. The highest BCUT2D eigenvalue weighted by atomic mass is 16.2. The Bertz CT molecular complexity index is 878. The fraction of sp³-hybridized carbons (Fsp3) is 0.462. The molecular formula is C26H33N3O2. The van der Waals surface area contributed by atoms with Crippen LogP contribution in [0.1, 0.15) is 60.9 Å². The number of carbonyl (C=O) groups excluding carboxylic acids is 2. The fourth-order valence-corrected chi connectivity index (χ4v) is 4.75. The van der Waals surface area contributed by atoms with E-state index in [9.17, 15) is 9.59 Å². The molecule has 0 spiro atoms. The zero-order valence-electron chi connectivity index (χ0n) is 18.5. The van der Waals surface area contributed by atoms with Gasteiger partial charge in [-0.25, -0.2) is 0 Å². The van der Waals surface area contributed by atoms with Crippen LogP contribution in [0, 0.1) is 0 Å². The lowest BCUT2D eigenvalue weighted by atomic mass is 9.84. The molecule has 0 unspecified atom stereocenters. The highest BCUT2D eigenvalue weighted by Crippen LogP contribution is 2.33. The van der Waals surface area contributed by atoms with Crippen LogP contribution in [0.25, 0.3) is 0 Å². The molecule has 1 N–H and O–H groups in total. The third-order valence-electron chi connectivity index (χ3n) is 6.65. The Kier molecular flexibility index (Phi) is 7.03. The lowest BCUT2D eigenvalue weighted by Crippen LogP contribution is -2.48. The number of rotatable bonds is 6. The summed E-state index contributed by atoms with van der Waals surface area (Å²) in [6, 6.07) is 16.2. The van der Waals surface area contributed by atoms with Gasteiger partial charge in [0, 0.05) is 43.1 Å². The van der Waals surface area contributed by atoms with Gasteiger partial charge < -0.3 is 10.2 Å². The molecule has 1 aliphatic heterocycles. The van der Waals surface area contributed by atoms with Crippen LogP contribution in [0.4, 0.5) is 11.4 Å². The first-order valence-corrected chi connectivity index (χ1v) is 11.6. The first-order chi connectivity index (χ1) is 15.1. The van der Waals surface area contributed by atoms with Crippen molar-refractivity contribution in [3.8, 4) is 0 Å². The number of carbonyl (C=O) groups is 2. The number of ketones is 1. The van der Waals surface area contributed by atoms with Crippen molar-refractivity contribution in [1.82, 2.24) is 4.90 Å². The normalized spacial score (nSPS) is 18.0. The molecule has 4 rings (SSSR count). The summed E-state index contributed by atoms with van der Waals surface area (Å²) in [5.41, 5.74) is 4.16. The number of hydrogen-bond acceptors (Lipinski definition) is 4. The van der Waals surface area contributed by atoms with Crippen molar-refractivity contribution in [3.05, 3.63) is 59.7 Å². The molecule has 164 valence electrons. The van der Waals surface area contributed by atoms with Crippen molar-refractivity contribution in [1.29, 1.82) is 0 Å². The SMILES string of the molecule is CC(=O)c1ccc(N2CCN(CC(=O)Nc3ccc(C4CCCCC4)cc3)CC2)cc1. The van der Waals surface area contributed by atoms with Crippen molar-refractivity contribution in [3.63, 3.8) is 0 Å². The molecule has 1 saturated heterocycles. The fourth-order valence-electron chi connectivity index (χ4n) is 4.75. The molecule has 0 bridgehead atoms. The van der Waals surface area contributed by atoms with Gasteiger partial charge in [-0.05, 0) is 67.6 Å².